The van der Waals surface area contributed by atoms with Gasteiger partial charge in [0, 0.05) is 20.5 Å². The van der Waals surface area contributed by atoms with Gasteiger partial charge in [0.05, 0.1) is 32.7 Å². The number of sulfonamides is 2. The molecule has 0 saturated carbocycles. The summed E-state index contributed by atoms with van der Waals surface area (Å²) in [5.74, 6) is -0.359. The van der Waals surface area contributed by atoms with Gasteiger partial charge in [0.1, 0.15) is 14.2 Å². The normalized spacial score (nSPS) is 11.8. The highest BCUT2D eigenvalue weighted by Crippen LogP contribution is 2.39. The first kappa shape index (κ1) is 47.0. The molecule has 0 amide bonds. The lowest BCUT2D eigenvalue weighted by atomic mass is 10.1. The molecular weight excluding hydrogens is 904 g/mol. The highest BCUT2D eigenvalue weighted by atomic mass is 35.5. The molecule has 0 aliphatic carbocycles. The number of hydrogen-bond donors (Lipinski definition) is 2. The second kappa shape index (κ2) is 18.7. The van der Waals surface area contributed by atoms with Gasteiger partial charge in [-0.05, 0) is 104 Å². The van der Waals surface area contributed by atoms with Crippen LogP contribution in [0.15, 0.2) is 91.0 Å². The van der Waals surface area contributed by atoms with Crippen LogP contribution in [-0.2, 0) is 54.1 Å². The second-order valence-corrected chi connectivity index (χ2v) is 23.4. The van der Waals surface area contributed by atoms with E-state index >= 15 is 0 Å². The van der Waals surface area contributed by atoms with Crippen molar-refractivity contribution in [1.82, 2.24) is 0 Å². The van der Waals surface area contributed by atoms with Gasteiger partial charge in [-0.15, -0.1) is 22.7 Å². The fourth-order valence-corrected chi connectivity index (χ4v) is 13.8. The monoisotopic (exact) mass is 940 g/mol. The Kier molecular flexibility index (Phi) is 14.9. The Bertz CT molecular complexity index is 3060. The first-order valence-electron chi connectivity index (χ1n) is 17.1. The summed E-state index contributed by atoms with van der Waals surface area (Å²) in [4.78, 5) is 26.5. The van der Waals surface area contributed by atoms with Crippen LogP contribution in [0.1, 0.15) is 36.1 Å². The van der Waals surface area contributed by atoms with Gasteiger partial charge in [-0.2, -0.15) is 9.59 Å². The molecule has 59 heavy (non-hydrogen) atoms. The zero-order chi connectivity index (χ0) is 44.1. The van der Waals surface area contributed by atoms with Crippen molar-refractivity contribution in [3.05, 3.63) is 100 Å². The minimum atomic E-state index is -4.04. The van der Waals surface area contributed by atoms with Gasteiger partial charge in [0.25, 0.3) is 26.5 Å². The van der Waals surface area contributed by atoms with Crippen molar-refractivity contribution in [2.24, 2.45) is 0 Å². The first-order chi connectivity index (χ1) is 27.5. The van der Waals surface area contributed by atoms with E-state index in [-0.39, 0.29) is 59.5 Å². The van der Waals surface area contributed by atoms with E-state index in [1.165, 1.54) is 38.1 Å². The number of rotatable bonds is 12. The molecule has 2 aromatic heterocycles. The zero-order valence-corrected chi connectivity index (χ0v) is 37.8. The van der Waals surface area contributed by atoms with Gasteiger partial charge in [-0.1, -0.05) is 49.2 Å². The van der Waals surface area contributed by atoms with E-state index < -0.39 is 39.7 Å². The maximum atomic E-state index is 13.1. The number of hydrogen-bond acceptors (Lipinski definition) is 14. The average Bonchev–Trinajstić information content (AvgIpc) is 3.69. The lowest BCUT2D eigenvalue weighted by Gasteiger charge is -2.13. The molecular formula is C38H37ClN2O12S6. The summed E-state index contributed by atoms with van der Waals surface area (Å²) in [7, 11) is -15.4. The molecule has 0 radical (unpaired) electrons. The Hall–Kier alpha value is -4.66. The van der Waals surface area contributed by atoms with Crippen molar-refractivity contribution in [1.29, 1.82) is 0 Å². The van der Waals surface area contributed by atoms with Gasteiger partial charge in [0.2, 0.25) is 0 Å². The third kappa shape index (κ3) is 10.8. The number of sulfone groups is 2. The summed E-state index contributed by atoms with van der Waals surface area (Å²) in [5.41, 5.74) is 2.88. The zero-order valence-electron chi connectivity index (χ0n) is 32.1. The van der Waals surface area contributed by atoms with Crippen LogP contribution in [0.4, 0.5) is 11.4 Å². The number of nitrogens with one attached hydrogen (secondary N) is 2. The molecule has 0 aliphatic heterocycles. The molecule has 0 atom stereocenters. The van der Waals surface area contributed by atoms with Crippen molar-refractivity contribution < 1.29 is 52.8 Å². The number of carbonyl (C=O) groups is 1. The number of fused-ring (bicyclic) bond motifs is 2. The molecule has 0 aliphatic rings. The summed E-state index contributed by atoms with van der Waals surface area (Å²) in [6, 6.07) is 19.2. The summed E-state index contributed by atoms with van der Waals surface area (Å²) in [6.45, 7) is 10.3. The molecule has 21 heteroatoms. The van der Waals surface area contributed by atoms with E-state index in [4.69, 9.17) is 25.9 Å². The van der Waals surface area contributed by atoms with Crippen LogP contribution < -0.4 is 14.2 Å². The third-order valence-electron chi connectivity index (χ3n) is 8.58. The Morgan fingerprint density at radius 2 is 1.05 bits per heavy atom. The molecule has 0 saturated heterocycles. The second-order valence-electron chi connectivity index (χ2n) is 12.6. The number of aryl methyl sites for hydroxylation is 4. The molecule has 6 aromatic rings. The fraction of sp³-hybridized carbons (Fsp3) is 0.211. The molecule has 2 N–H and O–H groups in total. The van der Waals surface area contributed by atoms with Gasteiger partial charge >= 0.3 is 6.15 Å². The van der Waals surface area contributed by atoms with Crippen molar-refractivity contribution in [3.63, 3.8) is 0 Å². The molecule has 4 aromatic carbocycles. The predicted octanol–water partition coefficient (Wildman–Crippen LogP) is 7.83. The van der Waals surface area contributed by atoms with Crippen molar-refractivity contribution >= 4 is 118 Å². The van der Waals surface area contributed by atoms with Crippen LogP contribution in [0, 0.1) is 27.7 Å². The smallest absolute Gasteiger partial charge is 0.373 e. The van der Waals surface area contributed by atoms with Crippen LogP contribution in [0.5, 0.6) is 5.75 Å². The number of carbonyl (C=O) groups excluding carboxylic acids is 3. The summed E-state index contributed by atoms with van der Waals surface area (Å²) in [6.07, 6.45) is 0.250. The quantitative estimate of drug-likeness (QED) is 0.112. The summed E-state index contributed by atoms with van der Waals surface area (Å²) < 4.78 is 113. The predicted molar refractivity (Wildman–Crippen MR) is 229 cm³/mol. The lowest BCUT2D eigenvalue weighted by molar-refractivity contribution is -0.191. The van der Waals surface area contributed by atoms with E-state index in [9.17, 15) is 38.5 Å². The lowest BCUT2D eigenvalue weighted by Crippen LogP contribution is -2.16. The first-order valence-corrected chi connectivity index (χ1v) is 25.4. The van der Waals surface area contributed by atoms with Crippen LogP contribution in [0.25, 0.3) is 20.2 Å². The molecule has 0 fully saturated rings. The number of halogens is 1. The van der Waals surface area contributed by atoms with E-state index in [0.717, 1.165) is 60.0 Å². The molecule has 6 rings (SSSR count). The molecule has 14 nitrogen and oxygen atoms in total. The van der Waals surface area contributed by atoms with Gasteiger partial charge in [-0.25, -0.2) is 33.7 Å². The van der Waals surface area contributed by atoms with Crippen molar-refractivity contribution in [2.75, 3.05) is 20.9 Å². The highest BCUT2D eigenvalue weighted by Gasteiger charge is 2.27. The van der Waals surface area contributed by atoms with E-state index in [0.29, 0.717) is 16.1 Å². The van der Waals surface area contributed by atoms with Crippen LogP contribution in [-0.4, -0.2) is 57.8 Å². The maximum absolute atomic E-state index is 13.1. The molecule has 0 spiro atoms. The van der Waals surface area contributed by atoms with Gasteiger partial charge in [0.15, 0.2) is 19.7 Å². The highest BCUT2D eigenvalue weighted by molar-refractivity contribution is 7.95. The third-order valence-corrected chi connectivity index (χ3v) is 18.9. The number of anilines is 2. The average molecular weight is 942 g/mol. The van der Waals surface area contributed by atoms with Gasteiger partial charge in [-0.3, -0.25) is 14.2 Å². The van der Waals surface area contributed by atoms with E-state index in [1.807, 2.05) is 25.1 Å². The van der Waals surface area contributed by atoms with Crippen molar-refractivity contribution in [2.45, 2.75) is 59.8 Å². The summed E-state index contributed by atoms with van der Waals surface area (Å²) >= 11 is 8.26. The van der Waals surface area contributed by atoms with Crippen molar-refractivity contribution in [3.8, 4) is 5.75 Å². The minimum absolute atomic E-state index is 0.00323. The number of ether oxygens (including phenoxy) is 1. The van der Waals surface area contributed by atoms with E-state index in [2.05, 4.69) is 9.44 Å². The Labute approximate surface area is 355 Å². The SMILES string of the molecule is CCS(=O)(=O)c1cc(C)ccc1NS(=O)(=O)c1sc2ccc(Cl)cc2c1C.CCS(=O)(=O)c1cc(OC=O)ccc1NS(=O)(=O)c1sc2ccc(C)cc2c1C.O=C=O. The molecule has 0 bridgehead atoms. The summed E-state index contributed by atoms with van der Waals surface area (Å²) in [5, 5.41) is 2.12. The molecule has 0 unspecified atom stereocenters. The minimum Gasteiger partial charge on any atom is -0.429 e. The van der Waals surface area contributed by atoms with E-state index in [1.54, 1.807) is 45.0 Å². The largest absolute Gasteiger partial charge is 0.429 e. The topological polar surface area (TPSA) is 221 Å². The molecule has 314 valence electrons. The standard InChI is InChI=1S/C19H19NO6S3.C18H18ClNO4S3.CO2/c1-4-28(22,23)18-10-14(26-11-21)6-7-16(18)20-29(24,25)19-13(3)15-9-12(2)5-8-17(15)27-19;1-4-26(21,22)17-9-11(2)5-7-15(17)20-27(23,24)18-12(3)14-10-13(19)6-8-16(14)25-18;2-1-3/h5-11,20H,4H2,1-3H3;5-10,20H,4H2,1-3H3;. The Morgan fingerprint density at radius 1 is 0.627 bits per heavy atom. The Balaban J connectivity index is 0.000000245. The number of thiophene rings is 2. The number of benzene rings is 4. The Morgan fingerprint density at radius 3 is 1.54 bits per heavy atom. The van der Waals surface area contributed by atoms with Crippen LogP contribution in [0.3, 0.4) is 0 Å². The maximum Gasteiger partial charge on any atom is 0.373 e. The van der Waals surface area contributed by atoms with Crippen LogP contribution in [0.2, 0.25) is 5.02 Å². The van der Waals surface area contributed by atoms with Gasteiger partial charge < -0.3 is 4.74 Å². The molecule has 2 heterocycles. The fourth-order valence-electron chi connectivity index (χ4n) is 5.63. The van der Waals surface area contributed by atoms with Crippen LogP contribution >= 0.6 is 34.3 Å².